The topological polar surface area (TPSA) is 72.7 Å². The number of aryl methyl sites for hydroxylation is 1. The third-order valence-corrected chi connectivity index (χ3v) is 2.47. The zero-order chi connectivity index (χ0) is 12.4. The minimum Gasteiger partial charge on any atom is -0.288 e. The fraction of sp³-hybridized carbons (Fsp3) is 0.111. The van der Waals surface area contributed by atoms with E-state index < -0.39 is 5.91 Å². The van der Waals surface area contributed by atoms with Crippen LogP contribution in [0.25, 0.3) is 0 Å². The lowest BCUT2D eigenvalue weighted by atomic mass is 10.2. The predicted molar refractivity (Wildman–Crippen MR) is 63.2 cm³/mol. The van der Waals surface area contributed by atoms with Gasteiger partial charge in [0.2, 0.25) is 0 Å². The average molecular weight is 272 g/mol. The Balaban J connectivity index is 2.22. The molecule has 0 spiro atoms. The maximum Gasteiger partial charge on any atom is 0.270 e. The summed E-state index contributed by atoms with van der Waals surface area (Å²) in [5, 5.41) is 14.2. The number of anilines is 1. The molecule has 0 aliphatic carbocycles. The van der Waals surface area contributed by atoms with Gasteiger partial charge in [-0.1, -0.05) is 28.3 Å². The number of hydrogen-bond donors (Lipinski definition) is 1. The Morgan fingerprint density at radius 2 is 2.18 bits per heavy atom. The Kier molecular flexibility index (Phi) is 3.26. The maximum absolute atomic E-state index is 11.8. The quantitative estimate of drug-likeness (QED) is 0.904. The summed E-state index contributed by atoms with van der Waals surface area (Å²) >= 11 is 11.7. The van der Waals surface area contributed by atoms with E-state index in [1.807, 2.05) is 0 Å². The molecule has 0 saturated carbocycles. The van der Waals surface area contributed by atoms with Gasteiger partial charge in [0, 0.05) is 5.02 Å². The van der Waals surface area contributed by atoms with Crippen molar-refractivity contribution >= 4 is 35.1 Å². The van der Waals surface area contributed by atoms with E-state index in [4.69, 9.17) is 23.2 Å². The lowest BCUT2D eigenvalue weighted by Crippen LogP contribution is -2.13. The van der Waals surface area contributed by atoms with Crippen molar-refractivity contribution in [2.75, 3.05) is 5.32 Å². The van der Waals surface area contributed by atoms with Crippen LogP contribution in [0, 0.1) is 0 Å². The summed E-state index contributed by atoms with van der Waals surface area (Å²) in [6.45, 7) is 0. The lowest BCUT2D eigenvalue weighted by molar-refractivity contribution is 0.102. The molecule has 2 rings (SSSR count). The summed E-state index contributed by atoms with van der Waals surface area (Å²) in [6, 6.07) is 4.61. The van der Waals surface area contributed by atoms with Gasteiger partial charge in [-0.2, -0.15) is 4.80 Å². The largest absolute Gasteiger partial charge is 0.288 e. The van der Waals surface area contributed by atoms with Gasteiger partial charge in [0.1, 0.15) is 0 Å². The molecule has 0 unspecified atom stereocenters. The van der Waals surface area contributed by atoms with Crippen LogP contribution in [0.15, 0.2) is 18.2 Å². The van der Waals surface area contributed by atoms with Gasteiger partial charge in [-0.3, -0.25) is 10.1 Å². The molecular formula is C9H7Cl2N5O. The molecule has 0 saturated heterocycles. The molecule has 1 aromatic carbocycles. The first-order chi connectivity index (χ1) is 8.06. The van der Waals surface area contributed by atoms with Crippen LogP contribution in [0.4, 0.5) is 5.95 Å². The van der Waals surface area contributed by atoms with Gasteiger partial charge in [0.25, 0.3) is 11.9 Å². The first-order valence-electron chi connectivity index (χ1n) is 4.56. The smallest absolute Gasteiger partial charge is 0.270 e. The van der Waals surface area contributed by atoms with Gasteiger partial charge in [-0.15, -0.1) is 5.10 Å². The minimum absolute atomic E-state index is 0.105. The number of rotatable bonds is 2. The number of carbonyl (C=O) groups is 1. The highest BCUT2D eigenvalue weighted by molar-refractivity contribution is 6.36. The number of carbonyl (C=O) groups excluding carboxylic acids is 1. The number of amides is 1. The molecule has 0 aliphatic heterocycles. The molecule has 0 radical (unpaired) electrons. The SMILES string of the molecule is Cn1nnc(NC(=O)c2cc(Cl)ccc2Cl)n1. The zero-order valence-corrected chi connectivity index (χ0v) is 10.2. The second-order valence-electron chi connectivity index (χ2n) is 3.18. The van der Waals surface area contributed by atoms with Crippen LogP contribution in [0.2, 0.25) is 10.0 Å². The van der Waals surface area contributed by atoms with Crippen LogP contribution < -0.4 is 5.32 Å². The highest BCUT2D eigenvalue weighted by Crippen LogP contribution is 2.21. The van der Waals surface area contributed by atoms with Crippen LogP contribution in [-0.4, -0.2) is 26.1 Å². The molecule has 0 bridgehead atoms. The summed E-state index contributed by atoms with van der Waals surface area (Å²) in [6.07, 6.45) is 0. The van der Waals surface area contributed by atoms with Gasteiger partial charge in [0.15, 0.2) is 0 Å². The van der Waals surface area contributed by atoms with Crippen LogP contribution in [-0.2, 0) is 7.05 Å². The molecule has 88 valence electrons. The van der Waals surface area contributed by atoms with Gasteiger partial charge >= 0.3 is 0 Å². The molecule has 8 heteroatoms. The Morgan fingerprint density at radius 1 is 1.41 bits per heavy atom. The summed E-state index contributed by atoms with van der Waals surface area (Å²) in [4.78, 5) is 13.1. The molecule has 1 heterocycles. The Morgan fingerprint density at radius 3 is 2.82 bits per heavy atom. The molecule has 2 aromatic rings. The summed E-state index contributed by atoms with van der Waals surface area (Å²) in [5.41, 5.74) is 0.256. The number of nitrogens with one attached hydrogen (secondary N) is 1. The van der Waals surface area contributed by atoms with Crippen LogP contribution >= 0.6 is 23.2 Å². The third-order valence-electron chi connectivity index (χ3n) is 1.91. The number of aromatic nitrogens is 4. The molecule has 17 heavy (non-hydrogen) atoms. The van der Waals surface area contributed by atoms with E-state index in [1.165, 1.54) is 10.9 Å². The zero-order valence-electron chi connectivity index (χ0n) is 8.69. The van der Waals surface area contributed by atoms with E-state index >= 15 is 0 Å². The van der Waals surface area contributed by atoms with Crippen molar-refractivity contribution in [3.63, 3.8) is 0 Å². The summed E-state index contributed by atoms with van der Waals surface area (Å²) in [7, 11) is 1.59. The van der Waals surface area contributed by atoms with Crippen LogP contribution in [0.1, 0.15) is 10.4 Å². The van der Waals surface area contributed by atoms with Gasteiger partial charge in [-0.05, 0) is 23.4 Å². The molecule has 1 N–H and O–H groups in total. The second kappa shape index (κ2) is 4.68. The van der Waals surface area contributed by atoms with Crippen molar-refractivity contribution in [2.45, 2.75) is 0 Å². The van der Waals surface area contributed by atoms with Gasteiger partial charge < -0.3 is 0 Å². The fourth-order valence-corrected chi connectivity index (χ4v) is 1.55. The molecule has 0 atom stereocenters. The first kappa shape index (κ1) is 11.8. The standard InChI is InChI=1S/C9H7Cl2N5O/c1-16-14-9(13-15-16)12-8(17)6-4-5(10)2-3-7(6)11/h2-4H,1H3,(H,12,14,17). The third kappa shape index (κ3) is 2.72. The fourth-order valence-electron chi connectivity index (χ4n) is 1.17. The molecular weight excluding hydrogens is 265 g/mol. The number of benzene rings is 1. The van der Waals surface area contributed by atoms with E-state index in [-0.39, 0.29) is 11.5 Å². The average Bonchev–Trinajstić information content (AvgIpc) is 2.67. The number of tetrazole rings is 1. The first-order valence-corrected chi connectivity index (χ1v) is 5.32. The molecule has 1 aromatic heterocycles. The van der Waals surface area contributed by atoms with Crippen molar-refractivity contribution in [3.05, 3.63) is 33.8 Å². The minimum atomic E-state index is -0.439. The molecule has 1 amide bonds. The number of hydrogen-bond acceptors (Lipinski definition) is 4. The Bertz CT molecular complexity index is 568. The predicted octanol–water partition coefficient (Wildman–Crippen LogP) is 1.77. The maximum atomic E-state index is 11.8. The highest BCUT2D eigenvalue weighted by Gasteiger charge is 2.13. The normalized spacial score (nSPS) is 10.3. The van der Waals surface area contributed by atoms with Crippen molar-refractivity contribution in [2.24, 2.45) is 7.05 Å². The van der Waals surface area contributed by atoms with E-state index in [0.717, 1.165) is 0 Å². The Hall–Kier alpha value is -1.66. The lowest BCUT2D eigenvalue weighted by Gasteiger charge is -2.03. The van der Waals surface area contributed by atoms with Crippen molar-refractivity contribution in [1.29, 1.82) is 0 Å². The van der Waals surface area contributed by atoms with Crippen LogP contribution in [0.5, 0.6) is 0 Å². The van der Waals surface area contributed by atoms with Gasteiger partial charge in [0.05, 0.1) is 17.6 Å². The Labute approximate surface area is 107 Å². The molecule has 0 aliphatic rings. The summed E-state index contributed by atoms with van der Waals surface area (Å²) in [5.74, 6) is -0.334. The van der Waals surface area contributed by atoms with Crippen LogP contribution in [0.3, 0.4) is 0 Å². The van der Waals surface area contributed by atoms with E-state index in [2.05, 4.69) is 20.7 Å². The van der Waals surface area contributed by atoms with E-state index in [1.54, 1.807) is 19.2 Å². The second-order valence-corrected chi connectivity index (χ2v) is 4.02. The van der Waals surface area contributed by atoms with Gasteiger partial charge in [-0.25, -0.2) is 0 Å². The van der Waals surface area contributed by atoms with Crippen molar-refractivity contribution in [1.82, 2.24) is 20.2 Å². The highest BCUT2D eigenvalue weighted by atomic mass is 35.5. The van der Waals surface area contributed by atoms with Crippen molar-refractivity contribution < 1.29 is 4.79 Å². The van der Waals surface area contributed by atoms with E-state index in [9.17, 15) is 4.79 Å². The van der Waals surface area contributed by atoms with Crippen molar-refractivity contribution in [3.8, 4) is 0 Å². The number of halogens is 2. The van der Waals surface area contributed by atoms with E-state index in [0.29, 0.717) is 10.0 Å². The molecule has 0 fully saturated rings. The number of nitrogens with zero attached hydrogens (tertiary/aromatic N) is 4. The molecule has 6 nitrogen and oxygen atoms in total. The monoisotopic (exact) mass is 271 g/mol. The summed E-state index contributed by atoms with van der Waals surface area (Å²) < 4.78 is 0.